The quantitative estimate of drug-likeness (QED) is 0.654. The van der Waals surface area contributed by atoms with Crippen molar-refractivity contribution >= 4 is 28.2 Å². The van der Waals surface area contributed by atoms with Crippen molar-refractivity contribution in [2.24, 2.45) is 0 Å². The highest BCUT2D eigenvalue weighted by Gasteiger charge is 2.07. The van der Waals surface area contributed by atoms with Gasteiger partial charge in [-0.25, -0.2) is 4.98 Å². The average Bonchev–Trinajstić information content (AvgIpc) is 2.54. The Morgan fingerprint density at radius 2 is 1.96 bits per heavy atom. The highest BCUT2D eigenvalue weighted by atomic mass is 35.5. The molecule has 0 radical (unpaired) electrons. The topological polar surface area (TPSA) is 34.1 Å². The average molecular weight is 327 g/mol. The number of rotatable bonds is 5. The second-order valence-corrected chi connectivity index (χ2v) is 5.78. The summed E-state index contributed by atoms with van der Waals surface area (Å²) < 4.78 is 5.63. The maximum absolute atomic E-state index is 6.34. The fraction of sp³-hybridized carbons (Fsp3) is 0.211. The summed E-state index contributed by atoms with van der Waals surface area (Å²) in [6.07, 6.45) is 0. The highest BCUT2D eigenvalue weighted by molar-refractivity contribution is 6.30. The van der Waals surface area contributed by atoms with Crippen LogP contribution in [-0.4, -0.2) is 11.6 Å². The molecule has 0 saturated heterocycles. The Morgan fingerprint density at radius 3 is 2.78 bits per heavy atom. The highest BCUT2D eigenvalue weighted by Crippen LogP contribution is 2.26. The molecule has 0 aliphatic heterocycles. The van der Waals surface area contributed by atoms with E-state index in [4.69, 9.17) is 16.3 Å². The molecule has 1 N–H and O–H groups in total. The van der Waals surface area contributed by atoms with Crippen LogP contribution in [0.25, 0.3) is 10.9 Å². The van der Waals surface area contributed by atoms with E-state index in [1.165, 1.54) is 5.56 Å². The van der Waals surface area contributed by atoms with E-state index in [0.717, 1.165) is 27.9 Å². The number of pyridine rings is 1. The third-order valence-corrected chi connectivity index (χ3v) is 3.98. The Kier molecular flexibility index (Phi) is 4.68. The van der Waals surface area contributed by atoms with Gasteiger partial charge in [0.1, 0.15) is 10.9 Å². The lowest BCUT2D eigenvalue weighted by Gasteiger charge is -2.13. The molecule has 2 aromatic carbocycles. The Hall–Kier alpha value is -2.26. The van der Waals surface area contributed by atoms with E-state index in [1.54, 1.807) is 0 Å². The zero-order valence-electron chi connectivity index (χ0n) is 13.3. The zero-order chi connectivity index (χ0) is 16.2. The molecule has 0 spiro atoms. The fourth-order valence-corrected chi connectivity index (χ4v) is 2.72. The summed E-state index contributed by atoms with van der Waals surface area (Å²) in [6.45, 7) is 5.26. The molecule has 3 aromatic rings. The van der Waals surface area contributed by atoms with Crippen LogP contribution in [0.1, 0.15) is 18.1 Å². The molecule has 0 fully saturated rings. The zero-order valence-corrected chi connectivity index (χ0v) is 14.0. The van der Waals surface area contributed by atoms with E-state index in [0.29, 0.717) is 18.3 Å². The Bertz CT molecular complexity index is 833. The Morgan fingerprint density at radius 1 is 1.13 bits per heavy atom. The number of para-hydroxylation sites is 2. The van der Waals surface area contributed by atoms with E-state index in [9.17, 15) is 0 Å². The van der Waals surface area contributed by atoms with Gasteiger partial charge in [0, 0.05) is 17.5 Å². The molecule has 1 heterocycles. The van der Waals surface area contributed by atoms with Crippen molar-refractivity contribution < 1.29 is 4.74 Å². The van der Waals surface area contributed by atoms with E-state index in [1.807, 2.05) is 37.3 Å². The largest absolute Gasteiger partial charge is 0.492 e. The van der Waals surface area contributed by atoms with Gasteiger partial charge in [-0.3, -0.25) is 0 Å². The first-order valence-corrected chi connectivity index (χ1v) is 8.06. The molecular weight excluding hydrogens is 308 g/mol. The number of fused-ring (bicyclic) bond motifs is 1. The number of aromatic nitrogens is 1. The third kappa shape index (κ3) is 3.57. The van der Waals surface area contributed by atoms with E-state index < -0.39 is 0 Å². The van der Waals surface area contributed by atoms with Crippen molar-refractivity contribution in [1.29, 1.82) is 0 Å². The predicted octanol–water partition coefficient (Wildman–Crippen LogP) is 5.21. The molecule has 3 rings (SSSR count). The van der Waals surface area contributed by atoms with Crippen LogP contribution < -0.4 is 10.1 Å². The van der Waals surface area contributed by atoms with Gasteiger partial charge in [0.2, 0.25) is 0 Å². The molecule has 0 saturated carbocycles. The first-order chi connectivity index (χ1) is 11.2. The molecule has 0 amide bonds. The minimum atomic E-state index is 0.532. The monoisotopic (exact) mass is 326 g/mol. The maximum atomic E-state index is 6.34. The number of anilines is 1. The van der Waals surface area contributed by atoms with E-state index in [2.05, 4.69) is 35.4 Å². The van der Waals surface area contributed by atoms with Crippen LogP contribution in [0.2, 0.25) is 5.15 Å². The molecule has 0 bridgehead atoms. The van der Waals surface area contributed by atoms with Gasteiger partial charge in [-0.1, -0.05) is 35.9 Å². The number of aryl methyl sites for hydroxylation is 1. The molecule has 118 valence electrons. The first kappa shape index (κ1) is 15.6. The predicted molar refractivity (Wildman–Crippen MR) is 96.4 cm³/mol. The number of hydrogen-bond acceptors (Lipinski definition) is 3. The van der Waals surface area contributed by atoms with Crippen LogP contribution in [-0.2, 0) is 6.54 Å². The summed E-state index contributed by atoms with van der Waals surface area (Å²) in [6, 6.07) is 16.2. The van der Waals surface area contributed by atoms with Gasteiger partial charge in [0.25, 0.3) is 0 Å². The van der Waals surface area contributed by atoms with Crippen LogP contribution in [0.15, 0.2) is 48.5 Å². The number of nitrogens with one attached hydrogen (secondary N) is 1. The second kappa shape index (κ2) is 6.88. The summed E-state index contributed by atoms with van der Waals surface area (Å²) in [7, 11) is 0. The van der Waals surface area contributed by atoms with Gasteiger partial charge in [-0.15, -0.1) is 0 Å². The van der Waals surface area contributed by atoms with Crippen molar-refractivity contribution in [3.63, 3.8) is 0 Å². The molecule has 0 atom stereocenters. The van der Waals surface area contributed by atoms with E-state index in [-0.39, 0.29) is 0 Å². The van der Waals surface area contributed by atoms with Gasteiger partial charge in [0.15, 0.2) is 0 Å². The van der Waals surface area contributed by atoms with Crippen molar-refractivity contribution in [3.8, 4) is 5.75 Å². The second-order valence-electron chi connectivity index (χ2n) is 5.42. The lowest BCUT2D eigenvalue weighted by molar-refractivity contribution is 0.341. The lowest BCUT2D eigenvalue weighted by Crippen LogP contribution is -2.04. The lowest BCUT2D eigenvalue weighted by atomic mass is 10.1. The number of nitrogens with zero attached hydrogens (tertiary/aromatic N) is 1. The normalized spacial score (nSPS) is 10.7. The molecular formula is C19H19ClN2O. The van der Waals surface area contributed by atoms with E-state index >= 15 is 0 Å². The summed E-state index contributed by atoms with van der Waals surface area (Å²) in [5.74, 6) is 0.843. The Labute approximate surface area is 141 Å². The third-order valence-electron chi connectivity index (χ3n) is 3.66. The molecule has 23 heavy (non-hydrogen) atoms. The summed E-state index contributed by atoms with van der Waals surface area (Å²) in [5.41, 5.74) is 4.02. The molecule has 0 unspecified atom stereocenters. The standard InChI is InChI=1S/C19H19ClN2O/c1-3-23-18-7-5-4-6-16(18)21-12-15-11-14-9-8-13(2)10-17(14)22-19(15)20/h4-11,21H,3,12H2,1-2H3. The summed E-state index contributed by atoms with van der Waals surface area (Å²) in [5, 5.41) is 5.01. The summed E-state index contributed by atoms with van der Waals surface area (Å²) in [4.78, 5) is 4.50. The molecule has 3 nitrogen and oxygen atoms in total. The number of halogens is 1. The van der Waals surface area contributed by atoms with Crippen LogP contribution in [0.5, 0.6) is 5.75 Å². The number of ether oxygens (including phenoxy) is 1. The van der Waals surface area contributed by atoms with Gasteiger partial charge in [0.05, 0.1) is 17.8 Å². The summed E-state index contributed by atoms with van der Waals surface area (Å²) >= 11 is 6.34. The minimum Gasteiger partial charge on any atom is -0.492 e. The van der Waals surface area contributed by atoms with Gasteiger partial charge in [-0.05, 0) is 43.7 Å². The molecule has 0 aliphatic rings. The molecule has 0 aliphatic carbocycles. The van der Waals surface area contributed by atoms with Crippen LogP contribution >= 0.6 is 11.6 Å². The van der Waals surface area contributed by atoms with Crippen molar-refractivity contribution in [1.82, 2.24) is 4.98 Å². The maximum Gasteiger partial charge on any atom is 0.142 e. The Balaban J connectivity index is 1.84. The number of benzene rings is 2. The van der Waals surface area contributed by atoms with Crippen LogP contribution in [0, 0.1) is 6.92 Å². The van der Waals surface area contributed by atoms with Crippen LogP contribution in [0.4, 0.5) is 5.69 Å². The number of hydrogen-bond donors (Lipinski definition) is 1. The van der Waals surface area contributed by atoms with Crippen molar-refractivity contribution in [3.05, 3.63) is 64.8 Å². The minimum absolute atomic E-state index is 0.532. The molecule has 4 heteroatoms. The van der Waals surface area contributed by atoms with Gasteiger partial charge >= 0.3 is 0 Å². The van der Waals surface area contributed by atoms with Gasteiger partial charge < -0.3 is 10.1 Å². The van der Waals surface area contributed by atoms with Crippen LogP contribution in [0.3, 0.4) is 0 Å². The van der Waals surface area contributed by atoms with Gasteiger partial charge in [-0.2, -0.15) is 0 Å². The van der Waals surface area contributed by atoms with Crippen molar-refractivity contribution in [2.75, 3.05) is 11.9 Å². The first-order valence-electron chi connectivity index (χ1n) is 7.69. The fourth-order valence-electron chi connectivity index (χ4n) is 2.51. The van der Waals surface area contributed by atoms with Crippen molar-refractivity contribution in [2.45, 2.75) is 20.4 Å². The SMILES string of the molecule is CCOc1ccccc1NCc1cc2ccc(C)cc2nc1Cl. The molecule has 1 aromatic heterocycles. The smallest absolute Gasteiger partial charge is 0.142 e.